The summed E-state index contributed by atoms with van der Waals surface area (Å²) >= 11 is 1.70. The average Bonchev–Trinajstić information content (AvgIpc) is 2.98. The molecule has 136 valence electrons. The summed E-state index contributed by atoms with van der Waals surface area (Å²) in [6.45, 7) is 10.5. The summed E-state index contributed by atoms with van der Waals surface area (Å²) in [5, 5.41) is 4.18. The van der Waals surface area contributed by atoms with Crippen molar-refractivity contribution in [3.8, 4) is 0 Å². The van der Waals surface area contributed by atoms with Crippen molar-refractivity contribution in [2.45, 2.75) is 46.1 Å². The molecule has 0 radical (unpaired) electrons. The maximum absolute atomic E-state index is 12.8. The summed E-state index contributed by atoms with van der Waals surface area (Å²) in [6, 6.07) is 6.05. The maximum Gasteiger partial charge on any atom is 0.322 e. The number of rotatable bonds is 4. The predicted octanol–water partition coefficient (Wildman–Crippen LogP) is 4.70. The van der Waals surface area contributed by atoms with Crippen LogP contribution in [0.25, 0.3) is 10.2 Å². The normalized spacial score (nSPS) is 18.3. The van der Waals surface area contributed by atoms with Crippen LogP contribution < -0.4 is 5.32 Å². The Morgan fingerprint density at radius 3 is 2.92 bits per heavy atom. The number of carbonyl (C=O) groups is 1. The molecule has 0 spiro atoms. The van der Waals surface area contributed by atoms with Crippen LogP contribution in [0.2, 0.25) is 0 Å². The van der Waals surface area contributed by atoms with E-state index in [1.54, 1.807) is 11.3 Å². The topological polar surface area (TPSA) is 54.5 Å². The third-order valence-corrected chi connectivity index (χ3v) is 5.70. The van der Waals surface area contributed by atoms with Crippen molar-refractivity contribution >= 4 is 33.3 Å². The van der Waals surface area contributed by atoms with Gasteiger partial charge in [-0.3, -0.25) is 0 Å². The molecule has 1 aromatic carbocycles. The molecule has 1 N–H and O–H groups in total. The van der Waals surface area contributed by atoms with E-state index in [1.165, 1.54) is 0 Å². The number of morpholine rings is 1. The zero-order chi connectivity index (χ0) is 18.0. The molecule has 3 rings (SSSR count). The minimum Gasteiger partial charge on any atom is -0.377 e. The second-order valence-corrected chi connectivity index (χ2v) is 8.43. The van der Waals surface area contributed by atoms with E-state index in [1.807, 2.05) is 23.1 Å². The first-order chi connectivity index (χ1) is 11.9. The van der Waals surface area contributed by atoms with E-state index < -0.39 is 0 Å². The van der Waals surface area contributed by atoms with Gasteiger partial charge in [-0.2, -0.15) is 0 Å². The van der Waals surface area contributed by atoms with Crippen molar-refractivity contribution in [2.24, 2.45) is 5.92 Å². The molecule has 1 fully saturated rings. The van der Waals surface area contributed by atoms with Crippen LogP contribution in [-0.4, -0.2) is 41.7 Å². The number of fused-ring (bicyclic) bond motifs is 1. The van der Waals surface area contributed by atoms with Crippen LogP contribution >= 0.6 is 11.3 Å². The Morgan fingerprint density at radius 2 is 2.20 bits per heavy atom. The summed E-state index contributed by atoms with van der Waals surface area (Å²) in [5.74, 6) is 0.950. The smallest absolute Gasteiger partial charge is 0.322 e. The zero-order valence-electron chi connectivity index (χ0n) is 15.4. The number of anilines is 1. The fourth-order valence-corrected chi connectivity index (χ4v) is 4.13. The van der Waals surface area contributed by atoms with Gasteiger partial charge in [0.25, 0.3) is 0 Å². The van der Waals surface area contributed by atoms with Gasteiger partial charge in [-0.05, 0) is 30.5 Å². The molecule has 0 bridgehead atoms. The Kier molecular flexibility index (Phi) is 5.59. The Labute approximate surface area is 153 Å². The third-order valence-electron chi connectivity index (χ3n) is 4.38. The molecule has 1 saturated heterocycles. The van der Waals surface area contributed by atoms with Crippen LogP contribution in [-0.2, 0) is 4.74 Å². The molecule has 2 heterocycles. The van der Waals surface area contributed by atoms with Crippen molar-refractivity contribution in [2.75, 3.05) is 25.1 Å². The standard InChI is InChI=1S/C19H27N3O2S/c1-12(2)9-15-11-24-8-7-22(15)19(23)20-14-5-6-16-17(10-14)25-18(21-16)13(3)4/h5-6,10,12-13,15H,7-9,11H2,1-4H3,(H,20,23). The maximum atomic E-state index is 12.8. The summed E-state index contributed by atoms with van der Waals surface area (Å²) in [5.41, 5.74) is 1.82. The Hall–Kier alpha value is -1.66. The quantitative estimate of drug-likeness (QED) is 0.859. The number of hydrogen-bond acceptors (Lipinski definition) is 4. The summed E-state index contributed by atoms with van der Waals surface area (Å²) in [7, 11) is 0. The number of nitrogens with one attached hydrogen (secondary N) is 1. The van der Waals surface area contributed by atoms with Gasteiger partial charge in [0.15, 0.2) is 0 Å². The molecular formula is C19H27N3O2S. The molecule has 1 aliphatic rings. The van der Waals surface area contributed by atoms with E-state index in [-0.39, 0.29) is 12.1 Å². The number of carbonyl (C=O) groups excluding carboxylic acids is 1. The number of nitrogens with zero attached hydrogens (tertiary/aromatic N) is 2. The number of amides is 2. The van der Waals surface area contributed by atoms with Gasteiger partial charge in [0.2, 0.25) is 0 Å². The first-order valence-corrected chi connectivity index (χ1v) is 9.81. The fraction of sp³-hybridized carbons (Fsp3) is 0.579. The number of urea groups is 1. The first-order valence-electron chi connectivity index (χ1n) is 9.00. The van der Waals surface area contributed by atoms with Gasteiger partial charge in [-0.15, -0.1) is 11.3 Å². The largest absolute Gasteiger partial charge is 0.377 e. The molecule has 2 amide bonds. The van der Waals surface area contributed by atoms with Crippen LogP contribution in [0.3, 0.4) is 0 Å². The molecule has 0 aliphatic carbocycles. The second kappa shape index (κ2) is 7.70. The van der Waals surface area contributed by atoms with Crippen LogP contribution in [0.4, 0.5) is 10.5 Å². The van der Waals surface area contributed by atoms with E-state index in [4.69, 9.17) is 4.74 Å². The minimum atomic E-state index is -0.0399. The number of aromatic nitrogens is 1. The van der Waals surface area contributed by atoms with Gasteiger partial charge in [0.05, 0.1) is 34.5 Å². The monoisotopic (exact) mass is 361 g/mol. The Bertz CT molecular complexity index is 741. The fourth-order valence-electron chi connectivity index (χ4n) is 3.12. The summed E-state index contributed by atoms with van der Waals surface area (Å²) in [6.07, 6.45) is 0.957. The molecule has 1 unspecified atom stereocenters. The molecule has 1 aromatic heterocycles. The van der Waals surface area contributed by atoms with Crippen molar-refractivity contribution in [1.82, 2.24) is 9.88 Å². The highest BCUT2D eigenvalue weighted by Gasteiger charge is 2.28. The van der Waals surface area contributed by atoms with Gasteiger partial charge in [-0.25, -0.2) is 9.78 Å². The third kappa shape index (κ3) is 4.30. The second-order valence-electron chi connectivity index (χ2n) is 7.37. The van der Waals surface area contributed by atoms with Gasteiger partial charge in [-0.1, -0.05) is 27.7 Å². The van der Waals surface area contributed by atoms with E-state index in [0.717, 1.165) is 27.3 Å². The summed E-state index contributed by atoms with van der Waals surface area (Å²) in [4.78, 5) is 19.3. The van der Waals surface area contributed by atoms with Crippen LogP contribution in [0.5, 0.6) is 0 Å². The highest BCUT2D eigenvalue weighted by Crippen LogP contribution is 2.29. The number of benzene rings is 1. The van der Waals surface area contributed by atoms with Crippen molar-refractivity contribution in [1.29, 1.82) is 0 Å². The number of thiazole rings is 1. The number of hydrogen-bond donors (Lipinski definition) is 1. The Morgan fingerprint density at radius 1 is 1.40 bits per heavy atom. The van der Waals surface area contributed by atoms with Gasteiger partial charge in [0.1, 0.15) is 0 Å². The van der Waals surface area contributed by atoms with E-state index >= 15 is 0 Å². The molecule has 6 heteroatoms. The minimum absolute atomic E-state index is 0.0399. The first kappa shape index (κ1) is 18.1. The van der Waals surface area contributed by atoms with Crippen LogP contribution in [0, 0.1) is 5.92 Å². The average molecular weight is 362 g/mol. The molecule has 2 aromatic rings. The zero-order valence-corrected chi connectivity index (χ0v) is 16.2. The molecule has 1 atom stereocenters. The summed E-state index contributed by atoms with van der Waals surface area (Å²) < 4.78 is 6.68. The molecular weight excluding hydrogens is 334 g/mol. The van der Waals surface area contributed by atoms with Gasteiger partial charge < -0.3 is 15.0 Å². The molecule has 1 aliphatic heterocycles. The molecule has 5 nitrogen and oxygen atoms in total. The lowest BCUT2D eigenvalue weighted by Crippen LogP contribution is -2.50. The predicted molar refractivity (Wildman–Crippen MR) is 103 cm³/mol. The lowest BCUT2D eigenvalue weighted by atomic mass is 10.0. The highest BCUT2D eigenvalue weighted by molar-refractivity contribution is 7.18. The number of ether oxygens (including phenoxy) is 1. The lowest BCUT2D eigenvalue weighted by molar-refractivity contribution is 0.00857. The van der Waals surface area contributed by atoms with Gasteiger partial charge >= 0.3 is 6.03 Å². The highest BCUT2D eigenvalue weighted by atomic mass is 32.1. The van der Waals surface area contributed by atoms with E-state index in [9.17, 15) is 4.79 Å². The van der Waals surface area contributed by atoms with Crippen molar-refractivity contribution in [3.05, 3.63) is 23.2 Å². The molecule has 0 saturated carbocycles. The molecule has 25 heavy (non-hydrogen) atoms. The SMILES string of the molecule is CC(C)CC1COCCN1C(=O)Nc1ccc2nc(C(C)C)sc2c1. The van der Waals surface area contributed by atoms with Crippen LogP contribution in [0.1, 0.15) is 45.0 Å². The Balaban J connectivity index is 1.73. The van der Waals surface area contributed by atoms with Gasteiger partial charge in [0, 0.05) is 18.2 Å². The van der Waals surface area contributed by atoms with Crippen molar-refractivity contribution in [3.63, 3.8) is 0 Å². The van der Waals surface area contributed by atoms with E-state index in [0.29, 0.717) is 31.6 Å². The van der Waals surface area contributed by atoms with Crippen LogP contribution in [0.15, 0.2) is 18.2 Å². The van der Waals surface area contributed by atoms with Crippen molar-refractivity contribution < 1.29 is 9.53 Å². The van der Waals surface area contributed by atoms with E-state index in [2.05, 4.69) is 38.0 Å². The lowest BCUT2D eigenvalue weighted by Gasteiger charge is -2.36.